The Morgan fingerprint density at radius 3 is 2.43 bits per heavy atom. The zero-order chi connectivity index (χ0) is 10.2. The Labute approximate surface area is 89.2 Å². The van der Waals surface area contributed by atoms with Crippen LogP contribution in [0.15, 0.2) is 30.3 Å². The Bertz CT molecular complexity index is 235. The van der Waals surface area contributed by atoms with Crippen molar-refractivity contribution in [1.29, 1.82) is 0 Å². The maximum Gasteiger partial charge on any atom is 0.141 e. The van der Waals surface area contributed by atoms with E-state index in [1.165, 1.54) is 18.9 Å². The van der Waals surface area contributed by atoms with Crippen LogP contribution in [0.1, 0.15) is 26.7 Å². The molecule has 0 aliphatic carbocycles. The molecule has 1 aromatic carbocycles. The summed E-state index contributed by atoms with van der Waals surface area (Å²) in [5.41, 5.74) is 0. The van der Waals surface area contributed by atoms with Gasteiger partial charge in [0, 0.05) is 0 Å². The molecular formula is C12H21NSi. The molecule has 0 amide bonds. The number of benzene rings is 1. The third kappa shape index (κ3) is 3.64. The summed E-state index contributed by atoms with van der Waals surface area (Å²) < 4.78 is 0. The third-order valence-electron chi connectivity index (χ3n) is 2.50. The van der Waals surface area contributed by atoms with Gasteiger partial charge in [-0.15, -0.1) is 0 Å². The third-order valence-corrected chi connectivity index (χ3v) is 5.58. The summed E-state index contributed by atoms with van der Waals surface area (Å²) >= 11 is 0. The van der Waals surface area contributed by atoms with Gasteiger partial charge in [-0.2, -0.15) is 0 Å². The summed E-state index contributed by atoms with van der Waals surface area (Å²) in [6.45, 7) is 5.58. The molecule has 0 fully saturated rings. The van der Waals surface area contributed by atoms with E-state index in [9.17, 15) is 0 Å². The van der Waals surface area contributed by atoms with Crippen LogP contribution in [0, 0.1) is 0 Å². The SMILES string of the molecule is CCCC[SiH](NCC)c1ccccc1. The van der Waals surface area contributed by atoms with Crippen LogP contribution >= 0.6 is 0 Å². The second-order valence-electron chi connectivity index (χ2n) is 3.66. The molecule has 1 atom stereocenters. The molecule has 78 valence electrons. The Kier molecular flexibility index (Phi) is 5.57. The quantitative estimate of drug-likeness (QED) is 0.704. The van der Waals surface area contributed by atoms with Crippen LogP contribution in [0.5, 0.6) is 0 Å². The zero-order valence-electron chi connectivity index (χ0n) is 9.29. The van der Waals surface area contributed by atoms with Crippen molar-refractivity contribution in [3.8, 4) is 0 Å². The van der Waals surface area contributed by atoms with Crippen molar-refractivity contribution in [3.63, 3.8) is 0 Å². The van der Waals surface area contributed by atoms with Crippen LogP contribution in [-0.2, 0) is 0 Å². The molecule has 0 spiro atoms. The van der Waals surface area contributed by atoms with Gasteiger partial charge in [-0.1, -0.05) is 57.0 Å². The van der Waals surface area contributed by atoms with Gasteiger partial charge in [0.25, 0.3) is 0 Å². The Morgan fingerprint density at radius 2 is 1.86 bits per heavy atom. The number of hydrogen-bond donors (Lipinski definition) is 1. The van der Waals surface area contributed by atoms with Gasteiger partial charge in [0.05, 0.1) is 0 Å². The lowest BCUT2D eigenvalue weighted by atomic mass is 10.4. The van der Waals surface area contributed by atoms with Gasteiger partial charge in [-0.05, 0) is 17.8 Å². The topological polar surface area (TPSA) is 12.0 Å². The largest absolute Gasteiger partial charge is 0.336 e. The molecule has 0 aliphatic rings. The van der Waals surface area contributed by atoms with E-state index in [0.717, 1.165) is 6.54 Å². The van der Waals surface area contributed by atoms with E-state index >= 15 is 0 Å². The molecule has 0 aromatic heterocycles. The molecule has 0 bridgehead atoms. The summed E-state index contributed by atoms with van der Waals surface area (Å²) in [5, 5.41) is 1.56. The minimum atomic E-state index is -0.860. The van der Waals surface area contributed by atoms with Crippen molar-refractivity contribution in [1.82, 2.24) is 4.98 Å². The van der Waals surface area contributed by atoms with E-state index in [4.69, 9.17) is 0 Å². The highest BCUT2D eigenvalue weighted by molar-refractivity contribution is 6.70. The van der Waals surface area contributed by atoms with E-state index < -0.39 is 8.96 Å². The first-order valence-corrected chi connectivity index (χ1v) is 7.64. The van der Waals surface area contributed by atoms with Crippen molar-refractivity contribution in [2.45, 2.75) is 32.7 Å². The van der Waals surface area contributed by atoms with Crippen LogP contribution in [0.2, 0.25) is 6.04 Å². The maximum absolute atomic E-state index is 3.67. The minimum absolute atomic E-state index is 0.860. The highest BCUT2D eigenvalue weighted by Crippen LogP contribution is 1.99. The van der Waals surface area contributed by atoms with Gasteiger partial charge in [-0.25, -0.2) is 0 Å². The lowest BCUT2D eigenvalue weighted by molar-refractivity contribution is 0.857. The van der Waals surface area contributed by atoms with Crippen molar-refractivity contribution in [2.75, 3.05) is 6.54 Å². The molecule has 2 heteroatoms. The fourth-order valence-electron chi connectivity index (χ4n) is 1.73. The van der Waals surface area contributed by atoms with Gasteiger partial charge in [0.15, 0.2) is 0 Å². The number of nitrogens with one attached hydrogen (secondary N) is 1. The molecule has 0 radical (unpaired) electrons. The minimum Gasteiger partial charge on any atom is -0.336 e. The maximum atomic E-state index is 3.67. The van der Waals surface area contributed by atoms with Crippen LogP contribution < -0.4 is 10.2 Å². The van der Waals surface area contributed by atoms with Gasteiger partial charge in [0.2, 0.25) is 0 Å². The fourth-order valence-corrected chi connectivity index (χ4v) is 4.50. The second kappa shape index (κ2) is 6.79. The molecular weight excluding hydrogens is 186 g/mol. The summed E-state index contributed by atoms with van der Waals surface area (Å²) in [4.78, 5) is 3.67. The second-order valence-corrected chi connectivity index (χ2v) is 6.42. The van der Waals surface area contributed by atoms with Gasteiger partial charge >= 0.3 is 0 Å². The molecule has 1 nitrogen and oxygen atoms in total. The Hall–Kier alpha value is -0.603. The monoisotopic (exact) mass is 207 g/mol. The molecule has 0 saturated heterocycles. The molecule has 1 N–H and O–H groups in total. The zero-order valence-corrected chi connectivity index (χ0v) is 10.4. The van der Waals surface area contributed by atoms with E-state index in [2.05, 4.69) is 49.2 Å². The standard InChI is InChI=1S/C12H21NSi/c1-3-5-11-14(13-4-2)12-9-7-6-8-10-12/h6-10,13-14H,3-5,11H2,1-2H3. The predicted octanol–water partition coefficient (Wildman–Crippen LogP) is 2.03. The normalized spacial score (nSPS) is 12.7. The van der Waals surface area contributed by atoms with Crippen molar-refractivity contribution in [3.05, 3.63) is 30.3 Å². The van der Waals surface area contributed by atoms with Crippen LogP contribution in [0.4, 0.5) is 0 Å². The van der Waals surface area contributed by atoms with Crippen LogP contribution in [0.3, 0.4) is 0 Å². The number of rotatable bonds is 6. The van der Waals surface area contributed by atoms with Gasteiger partial charge in [0.1, 0.15) is 8.96 Å². The average Bonchev–Trinajstić information content (AvgIpc) is 2.25. The van der Waals surface area contributed by atoms with Gasteiger partial charge in [-0.3, -0.25) is 0 Å². The predicted molar refractivity (Wildman–Crippen MR) is 66.6 cm³/mol. The molecule has 1 unspecified atom stereocenters. The molecule has 0 aliphatic heterocycles. The summed E-state index contributed by atoms with van der Waals surface area (Å²) in [5.74, 6) is 0. The van der Waals surface area contributed by atoms with E-state index in [-0.39, 0.29) is 0 Å². The van der Waals surface area contributed by atoms with Gasteiger partial charge < -0.3 is 4.98 Å². The summed E-state index contributed by atoms with van der Waals surface area (Å²) in [6.07, 6.45) is 2.67. The highest BCUT2D eigenvalue weighted by atomic mass is 28.3. The Balaban J connectivity index is 2.58. The smallest absolute Gasteiger partial charge is 0.141 e. The average molecular weight is 207 g/mol. The first-order valence-electron chi connectivity index (χ1n) is 5.66. The first kappa shape index (κ1) is 11.5. The Morgan fingerprint density at radius 1 is 1.14 bits per heavy atom. The molecule has 14 heavy (non-hydrogen) atoms. The molecule has 1 rings (SSSR count). The van der Waals surface area contributed by atoms with Crippen LogP contribution in [0.25, 0.3) is 0 Å². The molecule has 1 aromatic rings. The number of unbranched alkanes of at least 4 members (excludes halogenated alkanes) is 1. The van der Waals surface area contributed by atoms with E-state index in [1.807, 2.05) is 0 Å². The van der Waals surface area contributed by atoms with Crippen molar-refractivity contribution >= 4 is 14.1 Å². The lowest BCUT2D eigenvalue weighted by Crippen LogP contribution is -2.44. The first-order chi connectivity index (χ1) is 6.88. The fraction of sp³-hybridized carbons (Fsp3) is 0.500. The molecule has 0 saturated carbocycles. The van der Waals surface area contributed by atoms with Crippen molar-refractivity contribution < 1.29 is 0 Å². The van der Waals surface area contributed by atoms with E-state index in [0.29, 0.717) is 0 Å². The van der Waals surface area contributed by atoms with Crippen molar-refractivity contribution in [2.24, 2.45) is 0 Å². The highest BCUT2D eigenvalue weighted by Gasteiger charge is 2.10. The lowest BCUT2D eigenvalue weighted by Gasteiger charge is -2.15. The number of hydrogen-bond acceptors (Lipinski definition) is 1. The summed E-state index contributed by atoms with van der Waals surface area (Å²) in [6, 6.07) is 12.3. The summed E-state index contributed by atoms with van der Waals surface area (Å²) in [7, 11) is -0.860. The van der Waals surface area contributed by atoms with Crippen LogP contribution in [-0.4, -0.2) is 15.5 Å². The molecule has 0 heterocycles. The van der Waals surface area contributed by atoms with E-state index in [1.54, 1.807) is 5.19 Å².